The summed E-state index contributed by atoms with van der Waals surface area (Å²) in [7, 11) is 0. The highest BCUT2D eigenvalue weighted by atomic mass is 16.2. The van der Waals surface area contributed by atoms with E-state index in [0.29, 0.717) is 6.42 Å². The van der Waals surface area contributed by atoms with E-state index in [4.69, 9.17) is 5.11 Å². The number of aromatic nitrogens is 1. The number of hydrogen-bond donors (Lipinski definition) is 1. The third-order valence-corrected chi connectivity index (χ3v) is 3.13. The number of pyridine rings is 1. The average molecular weight is 227 g/mol. The van der Waals surface area contributed by atoms with Gasteiger partial charge in [-0.1, -0.05) is 24.3 Å². The average Bonchev–Trinajstić information content (AvgIpc) is 2.34. The van der Waals surface area contributed by atoms with Crippen LogP contribution in [0.1, 0.15) is 16.7 Å². The Kier molecular flexibility index (Phi) is 3.55. The molecule has 1 N–H and O–H groups in total. The lowest BCUT2D eigenvalue weighted by molar-refractivity contribution is 0.299. The molecule has 0 unspecified atom stereocenters. The fourth-order valence-electron chi connectivity index (χ4n) is 2.01. The molecule has 1 aromatic carbocycles. The van der Waals surface area contributed by atoms with Crippen LogP contribution in [0.5, 0.6) is 0 Å². The molecule has 17 heavy (non-hydrogen) atoms. The number of aryl methyl sites for hydroxylation is 1. The monoisotopic (exact) mass is 227 g/mol. The highest BCUT2D eigenvalue weighted by Crippen LogP contribution is 2.26. The van der Waals surface area contributed by atoms with Gasteiger partial charge < -0.3 is 5.11 Å². The molecule has 0 radical (unpaired) electrons. The van der Waals surface area contributed by atoms with E-state index in [1.165, 1.54) is 11.1 Å². The second-order valence-corrected chi connectivity index (χ2v) is 4.23. The molecule has 0 atom stereocenters. The summed E-state index contributed by atoms with van der Waals surface area (Å²) in [5.41, 5.74) is 5.77. The van der Waals surface area contributed by atoms with Gasteiger partial charge in [-0.15, -0.1) is 0 Å². The molecule has 0 fully saturated rings. The zero-order valence-corrected chi connectivity index (χ0v) is 10.3. The van der Waals surface area contributed by atoms with Crippen molar-refractivity contribution in [3.8, 4) is 11.3 Å². The molecular formula is C15H17NO. The molecule has 88 valence electrons. The predicted octanol–water partition coefficient (Wildman–Crippen LogP) is 2.90. The quantitative estimate of drug-likeness (QED) is 0.874. The van der Waals surface area contributed by atoms with Crippen LogP contribution in [0.15, 0.2) is 36.5 Å². The topological polar surface area (TPSA) is 33.1 Å². The fourth-order valence-corrected chi connectivity index (χ4v) is 2.01. The maximum atomic E-state index is 9.09. The van der Waals surface area contributed by atoms with Crippen LogP contribution < -0.4 is 0 Å². The molecule has 0 aliphatic carbocycles. The highest BCUT2D eigenvalue weighted by molar-refractivity contribution is 5.67. The molecule has 1 aromatic heterocycles. The van der Waals surface area contributed by atoms with Crippen LogP contribution in [0.25, 0.3) is 11.3 Å². The van der Waals surface area contributed by atoms with E-state index in [1.54, 1.807) is 6.20 Å². The van der Waals surface area contributed by atoms with Gasteiger partial charge in [-0.2, -0.15) is 0 Å². The van der Waals surface area contributed by atoms with E-state index in [0.717, 1.165) is 16.8 Å². The van der Waals surface area contributed by atoms with E-state index in [9.17, 15) is 0 Å². The van der Waals surface area contributed by atoms with Crippen molar-refractivity contribution in [3.05, 3.63) is 53.2 Å². The van der Waals surface area contributed by atoms with E-state index in [-0.39, 0.29) is 6.61 Å². The minimum absolute atomic E-state index is 0.156. The molecule has 0 aliphatic heterocycles. The maximum Gasteiger partial charge on any atom is 0.0737 e. The van der Waals surface area contributed by atoms with Crippen LogP contribution in [-0.2, 0) is 6.42 Å². The van der Waals surface area contributed by atoms with Gasteiger partial charge in [0.1, 0.15) is 0 Å². The van der Waals surface area contributed by atoms with Crippen molar-refractivity contribution >= 4 is 0 Å². The number of aliphatic hydroxyl groups excluding tert-OH is 1. The molecule has 0 spiro atoms. The van der Waals surface area contributed by atoms with Crippen molar-refractivity contribution in [2.45, 2.75) is 20.3 Å². The molecule has 0 aliphatic rings. The molecule has 2 rings (SSSR count). The molecule has 0 bridgehead atoms. The lowest BCUT2D eigenvalue weighted by atomic mass is 9.97. The van der Waals surface area contributed by atoms with Crippen LogP contribution >= 0.6 is 0 Å². The Hall–Kier alpha value is -1.67. The lowest BCUT2D eigenvalue weighted by Crippen LogP contribution is -1.98. The molecule has 1 heterocycles. The van der Waals surface area contributed by atoms with Gasteiger partial charge in [0.25, 0.3) is 0 Å². The zero-order valence-electron chi connectivity index (χ0n) is 10.3. The van der Waals surface area contributed by atoms with Gasteiger partial charge in [0.15, 0.2) is 0 Å². The molecule has 0 amide bonds. The molecule has 2 nitrogen and oxygen atoms in total. The number of nitrogens with zero attached hydrogens (tertiary/aromatic N) is 1. The summed E-state index contributed by atoms with van der Waals surface area (Å²) in [5, 5.41) is 9.09. The van der Waals surface area contributed by atoms with Crippen molar-refractivity contribution in [1.29, 1.82) is 0 Å². The Labute approximate surface area is 102 Å². The Balaban J connectivity index is 2.56. The first-order valence-corrected chi connectivity index (χ1v) is 5.85. The van der Waals surface area contributed by atoms with E-state index < -0.39 is 0 Å². The summed E-state index contributed by atoms with van der Waals surface area (Å²) in [6.45, 7) is 4.37. The van der Waals surface area contributed by atoms with Crippen LogP contribution in [0.4, 0.5) is 0 Å². The third-order valence-electron chi connectivity index (χ3n) is 3.13. The van der Waals surface area contributed by atoms with Gasteiger partial charge in [-0.25, -0.2) is 0 Å². The van der Waals surface area contributed by atoms with Gasteiger partial charge >= 0.3 is 0 Å². The predicted molar refractivity (Wildman–Crippen MR) is 69.9 cm³/mol. The Bertz CT molecular complexity index is 520. The normalized spacial score (nSPS) is 10.5. The summed E-state index contributed by atoms with van der Waals surface area (Å²) in [4.78, 5) is 4.46. The number of rotatable bonds is 3. The second kappa shape index (κ2) is 5.11. The first kappa shape index (κ1) is 11.8. The highest BCUT2D eigenvalue weighted by Gasteiger charge is 2.09. The van der Waals surface area contributed by atoms with Gasteiger partial charge in [0, 0.05) is 18.4 Å². The summed E-state index contributed by atoms with van der Waals surface area (Å²) < 4.78 is 0. The molecular weight excluding hydrogens is 210 g/mol. The van der Waals surface area contributed by atoms with E-state index in [1.807, 2.05) is 12.1 Å². The van der Waals surface area contributed by atoms with E-state index >= 15 is 0 Å². The van der Waals surface area contributed by atoms with Crippen LogP contribution in [0, 0.1) is 13.8 Å². The van der Waals surface area contributed by atoms with Gasteiger partial charge in [0.2, 0.25) is 0 Å². The second-order valence-electron chi connectivity index (χ2n) is 4.23. The fraction of sp³-hybridized carbons (Fsp3) is 0.267. The summed E-state index contributed by atoms with van der Waals surface area (Å²) in [5.74, 6) is 0. The smallest absolute Gasteiger partial charge is 0.0737 e. The Morgan fingerprint density at radius 1 is 1.12 bits per heavy atom. The lowest BCUT2D eigenvalue weighted by Gasteiger charge is -2.11. The van der Waals surface area contributed by atoms with Crippen molar-refractivity contribution in [1.82, 2.24) is 4.98 Å². The van der Waals surface area contributed by atoms with E-state index in [2.05, 4.69) is 37.0 Å². The van der Waals surface area contributed by atoms with Crippen LogP contribution in [-0.4, -0.2) is 16.7 Å². The largest absolute Gasteiger partial charge is 0.396 e. The molecule has 0 saturated carbocycles. The Morgan fingerprint density at radius 2 is 1.94 bits per heavy atom. The van der Waals surface area contributed by atoms with Gasteiger partial charge in [-0.05, 0) is 43.0 Å². The summed E-state index contributed by atoms with van der Waals surface area (Å²) in [6, 6.07) is 10.2. The number of benzene rings is 1. The molecule has 2 aromatic rings. The van der Waals surface area contributed by atoms with Crippen molar-refractivity contribution in [3.63, 3.8) is 0 Å². The van der Waals surface area contributed by atoms with Crippen molar-refractivity contribution < 1.29 is 5.11 Å². The van der Waals surface area contributed by atoms with Crippen LogP contribution in [0.2, 0.25) is 0 Å². The summed E-state index contributed by atoms with van der Waals surface area (Å²) in [6.07, 6.45) is 2.45. The standard InChI is InChI=1S/C15H17NO/c1-11-5-3-7-14(12(11)2)15-13(8-10-17)6-4-9-16-15/h3-7,9,17H,8,10H2,1-2H3. The minimum atomic E-state index is 0.156. The first-order valence-electron chi connectivity index (χ1n) is 5.85. The Morgan fingerprint density at radius 3 is 2.71 bits per heavy atom. The number of hydrogen-bond acceptors (Lipinski definition) is 2. The van der Waals surface area contributed by atoms with Crippen molar-refractivity contribution in [2.75, 3.05) is 6.61 Å². The molecule has 2 heteroatoms. The first-order chi connectivity index (χ1) is 8.24. The number of aliphatic hydroxyl groups is 1. The van der Waals surface area contributed by atoms with Gasteiger partial charge in [-0.3, -0.25) is 4.98 Å². The van der Waals surface area contributed by atoms with Crippen molar-refractivity contribution in [2.24, 2.45) is 0 Å². The van der Waals surface area contributed by atoms with Gasteiger partial charge in [0.05, 0.1) is 5.69 Å². The minimum Gasteiger partial charge on any atom is -0.396 e. The van der Waals surface area contributed by atoms with Crippen LogP contribution in [0.3, 0.4) is 0 Å². The molecule has 0 saturated heterocycles. The maximum absolute atomic E-state index is 9.09. The summed E-state index contributed by atoms with van der Waals surface area (Å²) >= 11 is 0. The third kappa shape index (κ3) is 2.37. The zero-order chi connectivity index (χ0) is 12.3. The SMILES string of the molecule is Cc1cccc(-c2ncccc2CCO)c1C.